The van der Waals surface area contributed by atoms with Crippen molar-refractivity contribution < 1.29 is 0 Å². The Morgan fingerprint density at radius 2 is 1.90 bits per heavy atom. The molecule has 1 N–H and O–H groups in total. The summed E-state index contributed by atoms with van der Waals surface area (Å²) in [5.74, 6) is 0.969. The van der Waals surface area contributed by atoms with E-state index in [-0.39, 0.29) is 0 Å². The van der Waals surface area contributed by atoms with E-state index < -0.39 is 0 Å². The topological polar surface area (TPSA) is 15.3 Å². The molecule has 2 nitrogen and oxygen atoms in total. The number of hydrogen-bond acceptors (Lipinski definition) is 2. The third-order valence-corrected chi connectivity index (χ3v) is 5.48. The molecule has 3 unspecified atom stereocenters. The molecule has 3 atom stereocenters. The lowest BCUT2D eigenvalue weighted by molar-refractivity contribution is 0.151. The van der Waals surface area contributed by atoms with Gasteiger partial charge in [-0.1, -0.05) is 37.1 Å². The molecule has 0 spiro atoms. The van der Waals surface area contributed by atoms with Crippen molar-refractivity contribution in [3.8, 4) is 0 Å². The van der Waals surface area contributed by atoms with Crippen molar-refractivity contribution in [2.75, 3.05) is 13.6 Å². The molecule has 1 saturated carbocycles. The molecule has 2 fully saturated rings. The molecule has 1 aromatic rings. The summed E-state index contributed by atoms with van der Waals surface area (Å²) in [6.07, 6.45) is 8.56. The van der Waals surface area contributed by atoms with E-state index in [4.69, 9.17) is 0 Å². The largest absolute Gasteiger partial charge is 0.310 e. The standard InChI is InChI=1S/C19H30N2/c1-15-7-3-4-9-17(15)13-21(2)14-18-12-11-16-8-5-6-10-19(16)20-18/h3-4,7,9,16,18-20H,5-6,8,10-14H2,1-2H3. The van der Waals surface area contributed by atoms with Crippen LogP contribution in [0.4, 0.5) is 0 Å². The van der Waals surface area contributed by atoms with Gasteiger partial charge in [0.25, 0.3) is 0 Å². The second kappa shape index (κ2) is 6.93. The van der Waals surface area contributed by atoms with Crippen LogP contribution < -0.4 is 5.32 Å². The normalized spacial score (nSPS) is 29.4. The average Bonchev–Trinajstić information content (AvgIpc) is 2.49. The summed E-state index contributed by atoms with van der Waals surface area (Å²) in [6.45, 7) is 4.46. The van der Waals surface area contributed by atoms with Crippen molar-refractivity contribution in [2.24, 2.45) is 5.92 Å². The SMILES string of the molecule is Cc1ccccc1CN(C)CC1CCC2CCCCC2N1. The molecule has 0 bridgehead atoms. The Kier molecular flexibility index (Phi) is 4.97. The van der Waals surface area contributed by atoms with Crippen LogP contribution in [0.5, 0.6) is 0 Å². The Hall–Kier alpha value is -0.860. The van der Waals surface area contributed by atoms with E-state index >= 15 is 0 Å². The van der Waals surface area contributed by atoms with Gasteiger partial charge in [-0.25, -0.2) is 0 Å². The minimum Gasteiger partial charge on any atom is -0.310 e. The minimum absolute atomic E-state index is 0.693. The highest BCUT2D eigenvalue weighted by Gasteiger charge is 2.31. The molecule has 1 heterocycles. The summed E-state index contributed by atoms with van der Waals surface area (Å²) >= 11 is 0. The Balaban J connectivity index is 1.51. The third-order valence-electron chi connectivity index (χ3n) is 5.48. The molecule has 116 valence electrons. The number of rotatable bonds is 4. The van der Waals surface area contributed by atoms with Gasteiger partial charge in [-0.3, -0.25) is 0 Å². The number of nitrogens with zero attached hydrogens (tertiary/aromatic N) is 1. The molecule has 2 heteroatoms. The van der Waals surface area contributed by atoms with Crippen LogP contribution in [-0.2, 0) is 6.54 Å². The molecule has 1 aliphatic heterocycles. The van der Waals surface area contributed by atoms with Crippen LogP contribution in [0.15, 0.2) is 24.3 Å². The second-order valence-corrected chi connectivity index (χ2v) is 7.22. The van der Waals surface area contributed by atoms with Gasteiger partial charge in [0, 0.05) is 25.2 Å². The first kappa shape index (κ1) is 15.1. The number of fused-ring (bicyclic) bond motifs is 1. The fraction of sp³-hybridized carbons (Fsp3) is 0.684. The molecule has 1 saturated heterocycles. The highest BCUT2D eigenvalue weighted by atomic mass is 15.1. The maximum Gasteiger partial charge on any atom is 0.0233 e. The van der Waals surface area contributed by atoms with Gasteiger partial charge < -0.3 is 10.2 Å². The highest BCUT2D eigenvalue weighted by molar-refractivity contribution is 5.25. The van der Waals surface area contributed by atoms with Gasteiger partial charge >= 0.3 is 0 Å². The van der Waals surface area contributed by atoms with Gasteiger partial charge in [-0.2, -0.15) is 0 Å². The molecule has 3 rings (SSSR count). The van der Waals surface area contributed by atoms with E-state index in [9.17, 15) is 0 Å². The van der Waals surface area contributed by atoms with E-state index in [0.29, 0.717) is 6.04 Å². The summed E-state index contributed by atoms with van der Waals surface area (Å²) in [5.41, 5.74) is 2.87. The maximum absolute atomic E-state index is 3.95. The molecule has 2 aliphatic rings. The zero-order chi connectivity index (χ0) is 14.7. The van der Waals surface area contributed by atoms with Crippen LogP contribution in [0.3, 0.4) is 0 Å². The summed E-state index contributed by atoms with van der Waals surface area (Å²) in [7, 11) is 2.26. The Morgan fingerprint density at radius 1 is 1.10 bits per heavy atom. The predicted octanol–water partition coefficient (Wildman–Crippen LogP) is 3.74. The van der Waals surface area contributed by atoms with Crippen LogP contribution >= 0.6 is 0 Å². The summed E-state index contributed by atoms with van der Waals surface area (Å²) < 4.78 is 0. The van der Waals surface area contributed by atoms with Crippen LogP contribution in [0.1, 0.15) is 49.7 Å². The molecular formula is C19H30N2. The molecule has 0 aromatic heterocycles. The fourth-order valence-electron chi connectivity index (χ4n) is 4.24. The van der Waals surface area contributed by atoms with Crippen molar-refractivity contribution in [3.63, 3.8) is 0 Å². The van der Waals surface area contributed by atoms with Gasteiger partial charge in [-0.05, 0) is 56.7 Å². The first-order chi connectivity index (χ1) is 10.2. The van der Waals surface area contributed by atoms with E-state index in [1.54, 1.807) is 0 Å². The van der Waals surface area contributed by atoms with Crippen LogP contribution in [0.25, 0.3) is 0 Å². The monoisotopic (exact) mass is 286 g/mol. The Bertz CT molecular complexity index is 457. The van der Waals surface area contributed by atoms with E-state index in [0.717, 1.165) is 18.5 Å². The number of benzene rings is 1. The third kappa shape index (κ3) is 3.87. The van der Waals surface area contributed by atoms with Crippen molar-refractivity contribution in [1.82, 2.24) is 10.2 Å². The molecule has 1 aromatic carbocycles. The predicted molar refractivity (Wildman–Crippen MR) is 89.4 cm³/mol. The minimum atomic E-state index is 0.693. The van der Waals surface area contributed by atoms with Crippen molar-refractivity contribution in [1.29, 1.82) is 0 Å². The molecule has 0 amide bonds. The Morgan fingerprint density at radius 3 is 2.76 bits per heavy atom. The van der Waals surface area contributed by atoms with E-state index in [1.807, 2.05) is 0 Å². The van der Waals surface area contributed by atoms with Crippen LogP contribution in [0, 0.1) is 12.8 Å². The zero-order valence-electron chi connectivity index (χ0n) is 13.6. The average molecular weight is 286 g/mol. The number of hydrogen-bond donors (Lipinski definition) is 1. The lowest BCUT2D eigenvalue weighted by Gasteiger charge is -2.41. The Labute approximate surface area is 129 Å². The summed E-state index contributed by atoms with van der Waals surface area (Å²) in [6, 6.07) is 10.3. The lowest BCUT2D eigenvalue weighted by Crippen LogP contribution is -2.52. The number of aryl methyl sites for hydroxylation is 1. The van der Waals surface area contributed by atoms with Crippen molar-refractivity contribution in [2.45, 2.75) is 64.1 Å². The first-order valence-electron chi connectivity index (χ1n) is 8.71. The zero-order valence-corrected chi connectivity index (χ0v) is 13.6. The van der Waals surface area contributed by atoms with E-state index in [2.05, 4.69) is 48.5 Å². The number of nitrogens with one attached hydrogen (secondary N) is 1. The molecular weight excluding hydrogens is 256 g/mol. The van der Waals surface area contributed by atoms with E-state index in [1.165, 1.54) is 56.2 Å². The number of piperidine rings is 1. The van der Waals surface area contributed by atoms with Gasteiger partial charge in [-0.15, -0.1) is 0 Å². The van der Waals surface area contributed by atoms with Crippen LogP contribution in [-0.4, -0.2) is 30.6 Å². The van der Waals surface area contributed by atoms with Gasteiger partial charge in [0.05, 0.1) is 0 Å². The highest BCUT2D eigenvalue weighted by Crippen LogP contribution is 2.32. The summed E-state index contributed by atoms with van der Waals surface area (Å²) in [4.78, 5) is 2.49. The second-order valence-electron chi connectivity index (χ2n) is 7.22. The fourth-order valence-corrected chi connectivity index (χ4v) is 4.24. The molecule has 0 radical (unpaired) electrons. The van der Waals surface area contributed by atoms with Gasteiger partial charge in [0.1, 0.15) is 0 Å². The smallest absolute Gasteiger partial charge is 0.0233 e. The van der Waals surface area contributed by atoms with Crippen molar-refractivity contribution >= 4 is 0 Å². The maximum atomic E-state index is 3.95. The quantitative estimate of drug-likeness (QED) is 0.907. The molecule has 21 heavy (non-hydrogen) atoms. The summed E-state index contributed by atoms with van der Waals surface area (Å²) in [5, 5.41) is 3.95. The lowest BCUT2D eigenvalue weighted by atomic mass is 9.78. The number of likely N-dealkylation sites (N-methyl/N-ethyl adjacent to an activating group) is 1. The van der Waals surface area contributed by atoms with Gasteiger partial charge in [0.2, 0.25) is 0 Å². The molecule has 1 aliphatic carbocycles. The van der Waals surface area contributed by atoms with Crippen molar-refractivity contribution in [3.05, 3.63) is 35.4 Å². The van der Waals surface area contributed by atoms with Crippen LogP contribution in [0.2, 0.25) is 0 Å². The first-order valence-corrected chi connectivity index (χ1v) is 8.71. The van der Waals surface area contributed by atoms with Gasteiger partial charge in [0.15, 0.2) is 0 Å².